The largest absolute Gasteiger partial charge is 0.393 e. The molecule has 98 valence electrons. The maximum absolute atomic E-state index is 10.4. The summed E-state index contributed by atoms with van der Waals surface area (Å²) < 4.78 is 0. The minimum Gasteiger partial charge on any atom is -0.393 e. The van der Waals surface area contributed by atoms with E-state index in [0.717, 1.165) is 12.3 Å². The Balaban J connectivity index is 1.51. The highest BCUT2D eigenvalue weighted by atomic mass is 16.3. The monoisotopic (exact) mass is 244 g/mol. The van der Waals surface area contributed by atoms with Gasteiger partial charge >= 0.3 is 0 Å². The first-order valence-electron chi connectivity index (χ1n) is 7.57. The lowest BCUT2D eigenvalue weighted by Gasteiger charge is -2.24. The number of rotatable bonds is 4. The molecular weight excluding hydrogens is 220 g/mol. The van der Waals surface area contributed by atoms with E-state index in [9.17, 15) is 5.11 Å². The van der Waals surface area contributed by atoms with E-state index in [1.165, 1.54) is 44.1 Å². The van der Waals surface area contributed by atoms with Gasteiger partial charge in [-0.3, -0.25) is 0 Å². The summed E-state index contributed by atoms with van der Waals surface area (Å²) in [6.45, 7) is 0. The fraction of sp³-hybridized carbons (Fsp3) is 0.647. The second-order valence-corrected chi connectivity index (χ2v) is 6.22. The third-order valence-corrected chi connectivity index (χ3v) is 4.86. The van der Waals surface area contributed by atoms with Gasteiger partial charge in [0.1, 0.15) is 0 Å². The molecule has 0 radical (unpaired) electrons. The molecule has 1 N–H and O–H groups in total. The number of benzene rings is 1. The first-order chi connectivity index (χ1) is 8.84. The van der Waals surface area contributed by atoms with Crippen molar-refractivity contribution in [1.29, 1.82) is 0 Å². The molecule has 3 atom stereocenters. The maximum atomic E-state index is 10.4. The average Bonchev–Trinajstić information content (AvgIpc) is 3.21. The molecule has 0 saturated heterocycles. The Bertz CT molecular complexity index is 366. The summed E-state index contributed by atoms with van der Waals surface area (Å²) in [6.07, 6.45) is 9.04. The van der Waals surface area contributed by atoms with Crippen molar-refractivity contribution in [1.82, 2.24) is 0 Å². The van der Waals surface area contributed by atoms with Crippen molar-refractivity contribution in [2.45, 2.75) is 57.0 Å². The van der Waals surface area contributed by atoms with Gasteiger partial charge in [-0.15, -0.1) is 0 Å². The van der Waals surface area contributed by atoms with Gasteiger partial charge < -0.3 is 5.11 Å². The molecule has 0 heterocycles. The van der Waals surface area contributed by atoms with E-state index in [0.29, 0.717) is 11.8 Å². The number of hydrogen-bond acceptors (Lipinski definition) is 1. The van der Waals surface area contributed by atoms with Crippen molar-refractivity contribution in [2.75, 3.05) is 0 Å². The van der Waals surface area contributed by atoms with E-state index >= 15 is 0 Å². The molecule has 0 amide bonds. The Morgan fingerprint density at radius 2 is 1.78 bits per heavy atom. The molecule has 0 spiro atoms. The molecule has 1 heteroatoms. The van der Waals surface area contributed by atoms with Crippen molar-refractivity contribution < 1.29 is 5.11 Å². The Hall–Kier alpha value is -0.820. The van der Waals surface area contributed by atoms with Crippen molar-refractivity contribution in [2.24, 2.45) is 11.8 Å². The van der Waals surface area contributed by atoms with Crippen LogP contribution >= 0.6 is 0 Å². The number of aliphatic hydroxyl groups excluding tert-OH is 1. The van der Waals surface area contributed by atoms with E-state index < -0.39 is 0 Å². The molecule has 0 aromatic heterocycles. The van der Waals surface area contributed by atoms with Gasteiger partial charge in [0.05, 0.1) is 6.10 Å². The van der Waals surface area contributed by atoms with Gasteiger partial charge in [-0.2, -0.15) is 0 Å². The van der Waals surface area contributed by atoms with Crippen LogP contribution in [0.1, 0.15) is 56.4 Å². The molecule has 2 saturated carbocycles. The molecule has 18 heavy (non-hydrogen) atoms. The van der Waals surface area contributed by atoms with Crippen LogP contribution in [0.3, 0.4) is 0 Å². The van der Waals surface area contributed by atoms with Gasteiger partial charge in [-0.25, -0.2) is 0 Å². The van der Waals surface area contributed by atoms with E-state index in [2.05, 4.69) is 30.3 Å². The summed E-state index contributed by atoms with van der Waals surface area (Å²) in [7, 11) is 0. The van der Waals surface area contributed by atoms with Crippen molar-refractivity contribution in [3.8, 4) is 0 Å². The Morgan fingerprint density at radius 3 is 2.50 bits per heavy atom. The van der Waals surface area contributed by atoms with Crippen molar-refractivity contribution >= 4 is 0 Å². The third-order valence-electron chi connectivity index (χ3n) is 4.86. The van der Waals surface area contributed by atoms with Crippen molar-refractivity contribution in [3.63, 3.8) is 0 Å². The van der Waals surface area contributed by atoms with E-state index in [4.69, 9.17) is 0 Å². The summed E-state index contributed by atoms with van der Waals surface area (Å²) in [5, 5.41) is 10.4. The fourth-order valence-corrected chi connectivity index (χ4v) is 3.66. The molecule has 2 fully saturated rings. The summed E-state index contributed by atoms with van der Waals surface area (Å²) >= 11 is 0. The second kappa shape index (κ2) is 5.44. The molecule has 1 nitrogen and oxygen atoms in total. The minimum atomic E-state index is -0.0571. The SMILES string of the molecule is OC(CC1CCCCC1)C1CC1c1ccccc1. The predicted octanol–water partition coefficient (Wildman–Crippen LogP) is 4.12. The van der Waals surface area contributed by atoms with E-state index in [1.807, 2.05) is 0 Å². The molecule has 0 aliphatic heterocycles. The Kier molecular flexibility index (Phi) is 3.69. The van der Waals surface area contributed by atoms with Crippen LogP contribution in [0.4, 0.5) is 0 Å². The van der Waals surface area contributed by atoms with Crippen molar-refractivity contribution in [3.05, 3.63) is 35.9 Å². The molecule has 2 aliphatic rings. The highest BCUT2D eigenvalue weighted by molar-refractivity contribution is 5.26. The fourth-order valence-electron chi connectivity index (χ4n) is 3.66. The van der Waals surface area contributed by atoms with E-state index in [1.54, 1.807) is 0 Å². The zero-order chi connectivity index (χ0) is 12.4. The van der Waals surface area contributed by atoms with Gasteiger partial charge in [0.25, 0.3) is 0 Å². The van der Waals surface area contributed by atoms with Crippen LogP contribution in [0.2, 0.25) is 0 Å². The summed E-state index contributed by atoms with van der Waals surface area (Å²) in [5.41, 5.74) is 1.42. The molecule has 1 aromatic rings. The molecule has 1 aromatic carbocycles. The average molecular weight is 244 g/mol. The van der Waals surface area contributed by atoms with Crippen LogP contribution in [-0.2, 0) is 0 Å². The quantitative estimate of drug-likeness (QED) is 0.844. The standard InChI is InChI=1S/C17H24O/c18-17(11-13-7-3-1-4-8-13)16-12-15(16)14-9-5-2-6-10-14/h2,5-6,9-10,13,15-18H,1,3-4,7-8,11-12H2. The normalized spacial score (nSPS) is 30.1. The lowest BCUT2D eigenvalue weighted by molar-refractivity contribution is 0.108. The van der Waals surface area contributed by atoms with Crippen LogP contribution in [0.25, 0.3) is 0 Å². The Labute approximate surface area is 110 Å². The first-order valence-corrected chi connectivity index (χ1v) is 7.57. The molecule has 3 rings (SSSR count). The Morgan fingerprint density at radius 1 is 1.06 bits per heavy atom. The zero-order valence-electron chi connectivity index (χ0n) is 11.1. The van der Waals surface area contributed by atoms with E-state index in [-0.39, 0.29) is 6.10 Å². The minimum absolute atomic E-state index is 0.0571. The lowest BCUT2D eigenvalue weighted by Crippen LogP contribution is -2.18. The van der Waals surface area contributed by atoms with Crippen LogP contribution < -0.4 is 0 Å². The van der Waals surface area contributed by atoms with Gasteiger partial charge in [0.2, 0.25) is 0 Å². The van der Waals surface area contributed by atoms with Gasteiger partial charge in [0.15, 0.2) is 0 Å². The smallest absolute Gasteiger partial charge is 0.0577 e. The summed E-state index contributed by atoms with van der Waals surface area (Å²) in [6, 6.07) is 10.7. The summed E-state index contributed by atoms with van der Waals surface area (Å²) in [5.74, 6) is 1.96. The molecule has 3 unspecified atom stereocenters. The molecule has 0 bridgehead atoms. The third kappa shape index (κ3) is 2.77. The highest BCUT2D eigenvalue weighted by Crippen LogP contribution is 2.51. The van der Waals surface area contributed by atoms with Crippen LogP contribution in [0.5, 0.6) is 0 Å². The number of hydrogen-bond donors (Lipinski definition) is 1. The number of aliphatic hydroxyl groups is 1. The molecular formula is C17H24O. The second-order valence-electron chi connectivity index (χ2n) is 6.22. The van der Waals surface area contributed by atoms with Crippen LogP contribution in [0.15, 0.2) is 30.3 Å². The van der Waals surface area contributed by atoms with Crippen LogP contribution in [-0.4, -0.2) is 11.2 Å². The maximum Gasteiger partial charge on any atom is 0.0577 e. The van der Waals surface area contributed by atoms with Crippen LogP contribution in [0, 0.1) is 11.8 Å². The highest BCUT2D eigenvalue weighted by Gasteiger charge is 2.43. The van der Waals surface area contributed by atoms with Gasteiger partial charge in [-0.05, 0) is 36.2 Å². The predicted molar refractivity (Wildman–Crippen MR) is 74.5 cm³/mol. The molecule has 2 aliphatic carbocycles. The topological polar surface area (TPSA) is 20.2 Å². The summed E-state index contributed by atoms with van der Waals surface area (Å²) in [4.78, 5) is 0. The zero-order valence-corrected chi connectivity index (χ0v) is 11.1. The first kappa shape index (κ1) is 12.2. The lowest BCUT2D eigenvalue weighted by atomic mass is 9.84. The van der Waals surface area contributed by atoms with Gasteiger partial charge in [-0.1, -0.05) is 62.4 Å². The van der Waals surface area contributed by atoms with Gasteiger partial charge in [0, 0.05) is 0 Å².